The number of aromatic hydroxyl groups is 1. The molecule has 0 spiro atoms. The third-order valence-electron chi connectivity index (χ3n) is 2.99. The first kappa shape index (κ1) is 11.4. The smallest absolute Gasteiger partial charge is 0.412 e. The number of carboxylic acid groups (broad SMARTS) is 1. The zero-order chi connectivity index (χ0) is 13.4. The second-order valence-corrected chi connectivity index (χ2v) is 4.23. The molecule has 0 radical (unpaired) electrons. The third-order valence-corrected chi connectivity index (χ3v) is 2.99. The van der Waals surface area contributed by atoms with E-state index in [4.69, 9.17) is 4.74 Å². The van der Waals surface area contributed by atoms with Crippen LogP contribution in [0.4, 0.5) is 10.5 Å². The summed E-state index contributed by atoms with van der Waals surface area (Å²) in [6.07, 6.45) is -1.09. The van der Waals surface area contributed by atoms with E-state index in [1.807, 2.05) is 18.2 Å². The van der Waals surface area contributed by atoms with E-state index in [0.717, 1.165) is 10.5 Å². The van der Waals surface area contributed by atoms with Gasteiger partial charge in [-0.15, -0.1) is 0 Å². The summed E-state index contributed by atoms with van der Waals surface area (Å²) in [7, 11) is 0. The fraction of sp³-hybridized carbons (Fsp3) is 0.0714. The van der Waals surface area contributed by atoms with Crippen LogP contribution < -0.4 is 9.64 Å². The van der Waals surface area contributed by atoms with Gasteiger partial charge in [0.2, 0.25) is 0 Å². The average Bonchev–Trinajstić information content (AvgIpc) is 2.55. The molecular formula is C14H11NO4. The topological polar surface area (TPSA) is 70.0 Å². The molecular weight excluding hydrogens is 246 g/mol. The Hall–Kier alpha value is -2.69. The molecule has 0 aliphatic carbocycles. The highest BCUT2D eigenvalue weighted by Gasteiger charge is 2.25. The van der Waals surface area contributed by atoms with E-state index >= 15 is 0 Å². The monoisotopic (exact) mass is 257 g/mol. The zero-order valence-corrected chi connectivity index (χ0v) is 9.91. The molecule has 5 heteroatoms. The van der Waals surface area contributed by atoms with Crippen molar-refractivity contribution in [3.05, 3.63) is 48.0 Å². The predicted octanol–water partition coefficient (Wildman–Crippen LogP) is 3.18. The maximum Gasteiger partial charge on any atom is 0.412 e. The second-order valence-electron chi connectivity index (χ2n) is 4.23. The molecule has 0 aromatic heterocycles. The molecule has 0 atom stereocenters. The van der Waals surface area contributed by atoms with Crippen LogP contribution in [0.2, 0.25) is 0 Å². The second kappa shape index (κ2) is 4.20. The van der Waals surface area contributed by atoms with Crippen LogP contribution in [0.1, 0.15) is 5.56 Å². The van der Waals surface area contributed by atoms with Gasteiger partial charge in [0.1, 0.15) is 11.5 Å². The molecule has 1 aliphatic heterocycles. The van der Waals surface area contributed by atoms with E-state index < -0.39 is 6.09 Å². The normalized spacial score (nSPS) is 12.9. The summed E-state index contributed by atoms with van der Waals surface area (Å²) in [6, 6.07) is 11.7. The van der Waals surface area contributed by atoms with Crippen molar-refractivity contribution in [2.75, 3.05) is 4.90 Å². The Balaban J connectivity index is 2.18. The van der Waals surface area contributed by atoms with Gasteiger partial charge >= 0.3 is 6.09 Å². The maximum absolute atomic E-state index is 11.4. The molecule has 0 bridgehead atoms. The fourth-order valence-corrected chi connectivity index (χ4v) is 2.08. The Bertz CT molecular complexity index is 654. The van der Waals surface area contributed by atoms with Gasteiger partial charge < -0.3 is 14.9 Å². The summed E-state index contributed by atoms with van der Waals surface area (Å²) in [6.45, 7) is 0.182. The van der Waals surface area contributed by atoms with Crippen molar-refractivity contribution in [1.29, 1.82) is 0 Å². The molecule has 19 heavy (non-hydrogen) atoms. The van der Waals surface area contributed by atoms with Crippen LogP contribution in [-0.2, 0) is 6.54 Å². The van der Waals surface area contributed by atoms with Gasteiger partial charge in [-0.25, -0.2) is 4.79 Å². The van der Waals surface area contributed by atoms with Crippen molar-refractivity contribution in [1.82, 2.24) is 0 Å². The first-order valence-corrected chi connectivity index (χ1v) is 5.74. The molecule has 0 unspecified atom stereocenters. The number of fused-ring (bicyclic) bond motifs is 2. The van der Waals surface area contributed by atoms with E-state index in [1.165, 1.54) is 12.1 Å². The lowest BCUT2D eigenvalue weighted by Crippen LogP contribution is -2.27. The zero-order valence-electron chi connectivity index (χ0n) is 9.91. The van der Waals surface area contributed by atoms with E-state index in [9.17, 15) is 15.0 Å². The van der Waals surface area contributed by atoms with Crippen molar-refractivity contribution in [3.63, 3.8) is 0 Å². The molecule has 96 valence electrons. The minimum Gasteiger partial charge on any atom is -0.508 e. The third kappa shape index (κ3) is 1.95. The molecule has 3 rings (SSSR count). The number of hydrogen-bond donors (Lipinski definition) is 2. The molecule has 2 aromatic rings. The van der Waals surface area contributed by atoms with Gasteiger partial charge in [-0.1, -0.05) is 18.2 Å². The van der Waals surface area contributed by atoms with Crippen molar-refractivity contribution in [3.8, 4) is 17.2 Å². The SMILES string of the molecule is O=C(O)N1Cc2ccccc2Oc2ccc(O)cc21. The molecule has 1 heterocycles. The van der Waals surface area contributed by atoms with Crippen LogP contribution in [0, 0.1) is 0 Å². The Morgan fingerprint density at radius 2 is 1.95 bits per heavy atom. The molecule has 2 N–H and O–H groups in total. The molecule has 5 nitrogen and oxygen atoms in total. The number of carbonyl (C=O) groups is 1. The molecule has 1 amide bonds. The van der Waals surface area contributed by atoms with Crippen LogP contribution in [-0.4, -0.2) is 16.3 Å². The highest BCUT2D eigenvalue weighted by molar-refractivity contribution is 5.89. The summed E-state index contributed by atoms with van der Waals surface area (Å²) in [4.78, 5) is 12.5. The summed E-state index contributed by atoms with van der Waals surface area (Å²) in [5, 5.41) is 18.8. The Labute approximate surface area is 109 Å². The Morgan fingerprint density at radius 1 is 1.16 bits per heavy atom. The van der Waals surface area contributed by atoms with Crippen LogP contribution in [0.5, 0.6) is 17.2 Å². The van der Waals surface area contributed by atoms with Gasteiger partial charge in [0.25, 0.3) is 0 Å². The van der Waals surface area contributed by atoms with Gasteiger partial charge in [-0.3, -0.25) is 4.90 Å². The fourth-order valence-electron chi connectivity index (χ4n) is 2.08. The molecule has 2 aromatic carbocycles. The number of phenols is 1. The lowest BCUT2D eigenvalue weighted by atomic mass is 10.2. The molecule has 0 saturated carbocycles. The van der Waals surface area contributed by atoms with Crippen LogP contribution in [0.25, 0.3) is 0 Å². The van der Waals surface area contributed by atoms with Gasteiger partial charge in [0, 0.05) is 11.6 Å². The summed E-state index contributed by atoms with van der Waals surface area (Å²) < 4.78 is 5.72. The quantitative estimate of drug-likeness (QED) is 0.760. The summed E-state index contributed by atoms with van der Waals surface area (Å²) in [5.74, 6) is 1.03. The number of benzene rings is 2. The van der Waals surface area contributed by atoms with Crippen molar-refractivity contribution in [2.24, 2.45) is 0 Å². The number of rotatable bonds is 0. The highest BCUT2D eigenvalue weighted by atomic mass is 16.5. The molecule has 0 fully saturated rings. The Morgan fingerprint density at radius 3 is 2.74 bits per heavy atom. The standard InChI is InChI=1S/C14H11NO4/c16-10-5-6-13-11(7-10)15(14(17)18)8-9-3-1-2-4-12(9)19-13/h1-7,16H,8H2,(H,17,18). The number of nitrogens with zero attached hydrogens (tertiary/aromatic N) is 1. The van der Waals surface area contributed by atoms with Gasteiger partial charge in [0.15, 0.2) is 5.75 Å². The lowest BCUT2D eigenvalue weighted by Gasteiger charge is -2.18. The van der Waals surface area contributed by atoms with E-state index in [2.05, 4.69) is 0 Å². The van der Waals surface area contributed by atoms with E-state index in [1.54, 1.807) is 12.1 Å². The van der Waals surface area contributed by atoms with Crippen LogP contribution in [0.3, 0.4) is 0 Å². The number of ether oxygens (including phenoxy) is 1. The largest absolute Gasteiger partial charge is 0.508 e. The number of amides is 1. The number of hydrogen-bond acceptors (Lipinski definition) is 3. The minimum atomic E-state index is -1.09. The highest BCUT2D eigenvalue weighted by Crippen LogP contribution is 2.40. The van der Waals surface area contributed by atoms with E-state index in [-0.39, 0.29) is 12.3 Å². The maximum atomic E-state index is 11.4. The number of para-hydroxylation sites is 1. The van der Waals surface area contributed by atoms with Crippen molar-refractivity contribution in [2.45, 2.75) is 6.54 Å². The van der Waals surface area contributed by atoms with Crippen LogP contribution >= 0.6 is 0 Å². The average molecular weight is 257 g/mol. The first-order chi connectivity index (χ1) is 9.15. The lowest BCUT2D eigenvalue weighted by molar-refractivity contribution is 0.201. The Kier molecular flexibility index (Phi) is 2.52. The van der Waals surface area contributed by atoms with Gasteiger partial charge in [-0.2, -0.15) is 0 Å². The van der Waals surface area contributed by atoms with E-state index in [0.29, 0.717) is 17.2 Å². The predicted molar refractivity (Wildman–Crippen MR) is 68.8 cm³/mol. The molecule has 1 aliphatic rings. The number of phenolic OH excluding ortho intramolecular Hbond substituents is 1. The minimum absolute atomic E-state index is 0.000411. The number of anilines is 1. The van der Waals surface area contributed by atoms with Gasteiger partial charge in [0.05, 0.1) is 12.2 Å². The van der Waals surface area contributed by atoms with Crippen LogP contribution in [0.15, 0.2) is 42.5 Å². The summed E-state index contributed by atoms with van der Waals surface area (Å²) >= 11 is 0. The molecule has 0 saturated heterocycles. The first-order valence-electron chi connectivity index (χ1n) is 5.74. The summed E-state index contributed by atoms with van der Waals surface area (Å²) in [5.41, 5.74) is 1.12. The van der Waals surface area contributed by atoms with Crippen molar-refractivity contribution < 1.29 is 19.7 Å². The van der Waals surface area contributed by atoms with Crippen molar-refractivity contribution >= 4 is 11.8 Å². The van der Waals surface area contributed by atoms with Gasteiger partial charge in [-0.05, 0) is 18.2 Å².